The summed E-state index contributed by atoms with van der Waals surface area (Å²) in [6, 6.07) is 4.25. The summed E-state index contributed by atoms with van der Waals surface area (Å²) in [5.74, 6) is -0.332. The summed E-state index contributed by atoms with van der Waals surface area (Å²) >= 11 is 3.13. The van der Waals surface area contributed by atoms with Gasteiger partial charge in [0.1, 0.15) is 5.56 Å². The molecule has 4 rings (SSSR count). The van der Waals surface area contributed by atoms with Crippen LogP contribution in [-0.2, 0) is 6.54 Å². The van der Waals surface area contributed by atoms with Gasteiger partial charge in [-0.2, -0.15) is 0 Å². The van der Waals surface area contributed by atoms with Crippen molar-refractivity contribution in [3.05, 3.63) is 56.1 Å². The Morgan fingerprint density at radius 1 is 1.36 bits per heavy atom. The summed E-state index contributed by atoms with van der Waals surface area (Å²) in [6.45, 7) is 2.75. The number of carbonyl (C=O) groups is 1. The number of hydrogen-bond donors (Lipinski definition) is 1. The number of nitrogens with one attached hydrogen (secondary N) is 1. The predicted octanol–water partition coefficient (Wildman–Crippen LogP) is 2.21. The van der Waals surface area contributed by atoms with Gasteiger partial charge in [0.15, 0.2) is 4.96 Å². The minimum absolute atomic E-state index is 0.0591. The van der Waals surface area contributed by atoms with Gasteiger partial charge in [-0.15, -0.1) is 22.7 Å². The number of nitrogens with zero attached hydrogens (tertiary/aromatic N) is 3. The Balaban J connectivity index is 1.44. The maximum atomic E-state index is 12.5. The van der Waals surface area contributed by atoms with Gasteiger partial charge in [0, 0.05) is 41.8 Å². The van der Waals surface area contributed by atoms with E-state index in [2.05, 4.69) is 32.7 Å². The third-order valence-corrected chi connectivity index (χ3v) is 6.02. The van der Waals surface area contributed by atoms with Crippen LogP contribution < -0.4 is 10.9 Å². The quantitative estimate of drug-likeness (QED) is 0.760. The van der Waals surface area contributed by atoms with Gasteiger partial charge in [-0.25, -0.2) is 4.98 Å². The Morgan fingerprint density at radius 2 is 2.28 bits per heavy atom. The summed E-state index contributed by atoms with van der Waals surface area (Å²) in [4.78, 5) is 33.4. The van der Waals surface area contributed by atoms with Crippen LogP contribution in [0.5, 0.6) is 0 Å². The van der Waals surface area contributed by atoms with Crippen molar-refractivity contribution in [1.29, 1.82) is 0 Å². The Kier molecular flexibility index (Phi) is 4.65. The lowest BCUT2D eigenvalue weighted by Gasteiger charge is -2.32. The molecule has 1 saturated heterocycles. The first-order chi connectivity index (χ1) is 12.2. The number of thiazole rings is 1. The zero-order valence-corrected chi connectivity index (χ0v) is 15.2. The first kappa shape index (κ1) is 16.4. The summed E-state index contributed by atoms with van der Waals surface area (Å²) in [5.41, 5.74) is -0.207. The molecule has 1 atom stereocenters. The van der Waals surface area contributed by atoms with Crippen LogP contribution in [0.25, 0.3) is 4.96 Å². The second kappa shape index (κ2) is 7.07. The van der Waals surface area contributed by atoms with E-state index >= 15 is 0 Å². The maximum absolute atomic E-state index is 12.5. The number of carbonyl (C=O) groups excluding carboxylic acids is 1. The largest absolute Gasteiger partial charge is 0.348 e. The van der Waals surface area contributed by atoms with Gasteiger partial charge in [0.2, 0.25) is 0 Å². The van der Waals surface area contributed by atoms with Crippen molar-refractivity contribution in [3.63, 3.8) is 0 Å². The molecule has 1 aliphatic heterocycles. The summed E-state index contributed by atoms with van der Waals surface area (Å²) < 4.78 is 1.42. The average Bonchev–Trinajstić information content (AvgIpc) is 3.27. The SMILES string of the molecule is O=C(NC1CCCN(Cc2cccs2)C1)c1cnc2sccn2c1=O. The van der Waals surface area contributed by atoms with Crippen molar-refractivity contribution in [2.24, 2.45) is 0 Å². The van der Waals surface area contributed by atoms with Gasteiger partial charge < -0.3 is 5.32 Å². The zero-order chi connectivity index (χ0) is 17.2. The molecule has 1 amide bonds. The summed E-state index contributed by atoms with van der Waals surface area (Å²) in [6.07, 6.45) is 5.00. The highest BCUT2D eigenvalue weighted by atomic mass is 32.1. The number of rotatable bonds is 4. The number of thiophene rings is 1. The Bertz CT molecular complexity index is 932. The molecule has 8 heteroatoms. The van der Waals surface area contributed by atoms with E-state index in [1.807, 2.05) is 0 Å². The monoisotopic (exact) mass is 374 g/mol. The highest BCUT2D eigenvalue weighted by Crippen LogP contribution is 2.17. The number of piperidine rings is 1. The van der Waals surface area contributed by atoms with Crippen LogP contribution >= 0.6 is 22.7 Å². The van der Waals surface area contributed by atoms with E-state index in [0.29, 0.717) is 4.96 Å². The molecule has 0 radical (unpaired) electrons. The molecular formula is C17H18N4O2S2. The molecule has 130 valence electrons. The Labute approximate surface area is 152 Å². The maximum Gasteiger partial charge on any atom is 0.271 e. The molecule has 6 nitrogen and oxygen atoms in total. The molecule has 1 unspecified atom stereocenters. The summed E-state index contributed by atoms with van der Waals surface area (Å²) in [7, 11) is 0. The smallest absolute Gasteiger partial charge is 0.271 e. The molecular weight excluding hydrogens is 356 g/mol. The molecule has 0 spiro atoms. The van der Waals surface area contributed by atoms with Crippen LogP contribution in [0.3, 0.4) is 0 Å². The van der Waals surface area contributed by atoms with Gasteiger partial charge in [0.25, 0.3) is 11.5 Å². The lowest BCUT2D eigenvalue weighted by molar-refractivity contribution is 0.0899. The van der Waals surface area contributed by atoms with Gasteiger partial charge in [-0.3, -0.25) is 18.9 Å². The van der Waals surface area contributed by atoms with Crippen molar-refractivity contribution in [1.82, 2.24) is 19.6 Å². The molecule has 0 saturated carbocycles. The minimum atomic E-state index is -0.332. The fourth-order valence-corrected chi connectivity index (χ4v) is 4.60. The molecule has 0 aromatic carbocycles. The summed E-state index contributed by atoms with van der Waals surface area (Å²) in [5, 5.41) is 6.88. The first-order valence-corrected chi connectivity index (χ1v) is 9.97. The van der Waals surface area contributed by atoms with E-state index in [1.54, 1.807) is 22.9 Å². The van der Waals surface area contributed by atoms with Crippen molar-refractivity contribution in [3.8, 4) is 0 Å². The van der Waals surface area contributed by atoms with Crippen molar-refractivity contribution >= 4 is 33.5 Å². The second-order valence-corrected chi connectivity index (χ2v) is 8.06. The van der Waals surface area contributed by atoms with E-state index in [0.717, 1.165) is 32.5 Å². The van der Waals surface area contributed by atoms with E-state index in [1.165, 1.54) is 26.8 Å². The predicted molar refractivity (Wildman–Crippen MR) is 99.4 cm³/mol. The highest BCUT2D eigenvalue weighted by Gasteiger charge is 2.23. The Hall–Kier alpha value is -2.03. The fourth-order valence-electron chi connectivity index (χ4n) is 3.18. The van der Waals surface area contributed by atoms with Gasteiger partial charge in [0.05, 0.1) is 0 Å². The van der Waals surface area contributed by atoms with Crippen LogP contribution in [0.4, 0.5) is 0 Å². The van der Waals surface area contributed by atoms with Crippen LogP contribution in [-0.4, -0.2) is 39.3 Å². The molecule has 1 fully saturated rings. The van der Waals surface area contributed by atoms with Crippen LogP contribution in [0.2, 0.25) is 0 Å². The van der Waals surface area contributed by atoms with Crippen molar-refractivity contribution in [2.45, 2.75) is 25.4 Å². The van der Waals surface area contributed by atoms with Gasteiger partial charge in [-0.05, 0) is 30.8 Å². The lowest BCUT2D eigenvalue weighted by atomic mass is 10.1. The van der Waals surface area contributed by atoms with Crippen LogP contribution in [0.15, 0.2) is 40.1 Å². The molecule has 0 aliphatic carbocycles. The molecule has 0 bridgehead atoms. The standard InChI is InChI=1S/C17H18N4O2S2/c22-15(14-9-18-17-21(16(14)23)6-8-25-17)19-12-3-1-5-20(10-12)11-13-4-2-7-24-13/h2,4,6-9,12H,1,3,5,10-11H2,(H,19,22). The van der Waals surface area contributed by atoms with Crippen LogP contribution in [0, 0.1) is 0 Å². The van der Waals surface area contributed by atoms with Crippen molar-refractivity contribution < 1.29 is 4.79 Å². The highest BCUT2D eigenvalue weighted by molar-refractivity contribution is 7.15. The van der Waals surface area contributed by atoms with Crippen LogP contribution in [0.1, 0.15) is 28.1 Å². The number of amides is 1. The molecule has 4 heterocycles. The number of fused-ring (bicyclic) bond motifs is 1. The van der Waals surface area contributed by atoms with Gasteiger partial charge in [-0.1, -0.05) is 6.07 Å². The molecule has 1 aliphatic rings. The average molecular weight is 374 g/mol. The molecule has 3 aromatic rings. The Morgan fingerprint density at radius 3 is 3.12 bits per heavy atom. The van der Waals surface area contributed by atoms with Crippen molar-refractivity contribution in [2.75, 3.05) is 13.1 Å². The third kappa shape index (κ3) is 3.51. The number of aromatic nitrogens is 2. The third-order valence-electron chi connectivity index (χ3n) is 4.39. The van der Waals surface area contributed by atoms with E-state index in [9.17, 15) is 9.59 Å². The molecule has 3 aromatic heterocycles. The van der Waals surface area contributed by atoms with E-state index in [4.69, 9.17) is 0 Å². The topological polar surface area (TPSA) is 66.7 Å². The normalized spacial score (nSPS) is 18.5. The van der Waals surface area contributed by atoms with Gasteiger partial charge >= 0.3 is 0 Å². The second-order valence-electron chi connectivity index (χ2n) is 6.16. The molecule has 1 N–H and O–H groups in total. The zero-order valence-electron chi connectivity index (χ0n) is 13.6. The fraction of sp³-hybridized carbons (Fsp3) is 0.353. The minimum Gasteiger partial charge on any atom is -0.348 e. The van der Waals surface area contributed by atoms with E-state index in [-0.39, 0.29) is 23.1 Å². The number of hydrogen-bond acceptors (Lipinski definition) is 6. The number of likely N-dealkylation sites (tertiary alicyclic amines) is 1. The first-order valence-electron chi connectivity index (χ1n) is 8.21. The van der Waals surface area contributed by atoms with E-state index < -0.39 is 0 Å². The molecule has 25 heavy (non-hydrogen) atoms. The lowest BCUT2D eigenvalue weighted by Crippen LogP contribution is -2.48.